The summed E-state index contributed by atoms with van der Waals surface area (Å²) < 4.78 is 6.07. The van der Waals surface area contributed by atoms with Crippen molar-refractivity contribution in [3.05, 3.63) is 29.8 Å². The summed E-state index contributed by atoms with van der Waals surface area (Å²) >= 11 is 0. The second-order valence-electron chi connectivity index (χ2n) is 7.09. The van der Waals surface area contributed by atoms with Gasteiger partial charge in [-0.2, -0.15) is 0 Å². The van der Waals surface area contributed by atoms with E-state index in [1.54, 1.807) is 0 Å². The van der Waals surface area contributed by atoms with E-state index in [1.807, 2.05) is 24.3 Å². The van der Waals surface area contributed by atoms with Crippen LogP contribution < -0.4 is 4.74 Å². The van der Waals surface area contributed by atoms with Crippen molar-refractivity contribution in [3.63, 3.8) is 0 Å². The van der Waals surface area contributed by atoms with Crippen LogP contribution in [0.4, 0.5) is 0 Å². The van der Waals surface area contributed by atoms with E-state index in [4.69, 9.17) is 4.74 Å². The van der Waals surface area contributed by atoms with Crippen LogP contribution in [0.5, 0.6) is 5.75 Å². The van der Waals surface area contributed by atoms with Crippen molar-refractivity contribution in [1.29, 1.82) is 0 Å². The highest BCUT2D eigenvalue weighted by Gasteiger charge is 2.41. The molecule has 0 spiro atoms. The van der Waals surface area contributed by atoms with Crippen molar-refractivity contribution in [2.75, 3.05) is 20.1 Å². The van der Waals surface area contributed by atoms with E-state index in [-0.39, 0.29) is 6.10 Å². The minimum Gasteiger partial charge on any atom is -0.490 e. The Balaban J connectivity index is 1.69. The van der Waals surface area contributed by atoms with Crippen LogP contribution in [0.1, 0.15) is 50.5 Å². The number of hydrogen-bond acceptors (Lipinski definition) is 3. The molecule has 0 unspecified atom stereocenters. The van der Waals surface area contributed by atoms with Crippen LogP contribution in [0.3, 0.4) is 0 Å². The third kappa shape index (κ3) is 3.52. The second kappa shape index (κ2) is 6.91. The second-order valence-corrected chi connectivity index (χ2v) is 7.09. The monoisotopic (exact) mass is 317 g/mol. The van der Waals surface area contributed by atoms with E-state index >= 15 is 0 Å². The predicted molar refractivity (Wildman–Crippen MR) is 90.0 cm³/mol. The van der Waals surface area contributed by atoms with Crippen molar-refractivity contribution < 1.29 is 14.6 Å². The van der Waals surface area contributed by atoms with Gasteiger partial charge in [-0.3, -0.25) is 4.79 Å². The quantitative estimate of drug-likeness (QED) is 0.924. The Morgan fingerprint density at radius 2 is 1.74 bits per heavy atom. The number of piperidine rings is 1. The van der Waals surface area contributed by atoms with Crippen LogP contribution in [0, 0.1) is 0 Å². The van der Waals surface area contributed by atoms with Crippen molar-refractivity contribution >= 4 is 5.97 Å². The molecule has 4 heteroatoms. The molecule has 0 amide bonds. The topological polar surface area (TPSA) is 49.8 Å². The minimum atomic E-state index is -0.690. The van der Waals surface area contributed by atoms with Crippen LogP contribution in [0.2, 0.25) is 0 Å². The van der Waals surface area contributed by atoms with Crippen LogP contribution in [0.25, 0.3) is 0 Å². The summed E-state index contributed by atoms with van der Waals surface area (Å²) in [5.41, 5.74) is 0.241. The molecule has 3 rings (SSSR count). The lowest BCUT2D eigenvalue weighted by Gasteiger charge is -2.34. The molecular formula is C19H27NO3. The average Bonchev–Trinajstić information content (AvgIpc) is 2.58. The molecule has 0 radical (unpaired) electrons. The van der Waals surface area contributed by atoms with Crippen LogP contribution in [-0.4, -0.2) is 42.2 Å². The standard InChI is InChI=1S/C19H27NO3/c1-20-13-9-17(10-14-20)23-16-7-5-15(6-8-16)19(18(21)22)11-3-2-4-12-19/h5-8,17H,2-4,9-14H2,1H3,(H,21,22). The Kier molecular flexibility index (Phi) is 4.90. The molecule has 1 aliphatic carbocycles. The van der Waals surface area contributed by atoms with Gasteiger partial charge in [-0.1, -0.05) is 31.4 Å². The van der Waals surface area contributed by atoms with Gasteiger partial charge in [0.25, 0.3) is 0 Å². The summed E-state index contributed by atoms with van der Waals surface area (Å²) in [5, 5.41) is 9.76. The molecule has 1 heterocycles. The summed E-state index contributed by atoms with van der Waals surface area (Å²) in [7, 11) is 2.14. The lowest BCUT2D eigenvalue weighted by Crippen LogP contribution is -2.37. The molecular weight excluding hydrogens is 290 g/mol. The number of carboxylic acid groups (broad SMARTS) is 1. The molecule has 4 nitrogen and oxygen atoms in total. The first kappa shape index (κ1) is 16.3. The first-order chi connectivity index (χ1) is 11.1. The van der Waals surface area contributed by atoms with Gasteiger partial charge in [-0.05, 0) is 50.4 Å². The number of benzene rings is 1. The van der Waals surface area contributed by atoms with E-state index in [0.717, 1.165) is 69.3 Å². The summed E-state index contributed by atoms with van der Waals surface area (Å²) in [6.07, 6.45) is 7.02. The largest absolute Gasteiger partial charge is 0.490 e. The SMILES string of the molecule is CN1CCC(Oc2ccc(C3(C(=O)O)CCCCC3)cc2)CC1. The third-order valence-corrected chi connectivity index (χ3v) is 5.49. The van der Waals surface area contributed by atoms with Crippen molar-refractivity contribution in [2.24, 2.45) is 0 Å². The Morgan fingerprint density at radius 1 is 1.13 bits per heavy atom. The fourth-order valence-corrected chi connectivity index (χ4v) is 3.93. The minimum absolute atomic E-state index is 0.278. The first-order valence-corrected chi connectivity index (χ1v) is 8.79. The van der Waals surface area contributed by atoms with Gasteiger partial charge in [0, 0.05) is 13.1 Å². The highest BCUT2D eigenvalue weighted by atomic mass is 16.5. The van der Waals surface area contributed by atoms with Crippen molar-refractivity contribution in [2.45, 2.75) is 56.5 Å². The van der Waals surface area contributed by atoms with Gasteiger partial charge in [-0.25, -0.2) is 0 Å². The summed E-state index contributed by atoms with van der Waals surface area (Å²) in [6, 6.07) is 7.83. The van der Waals surface area contributed by atoms with E-state index in [0.29, 0.717) is 0 Å². The maximum Gasteiger partial charge on any atom is 0.314 e. The van der Waals surface area contributed by atoms with Crippen LogP contribution in [-0.2, 0) is 10.2 Å². The number of aliphatic carboxylic acids is 1. The molecule has 1 saturated carbocycles. The number of rotatable bonds is 4. The average molecular weight is 317 g/mol. The van der Waals surface area contributed by atoms with Gasteiger partial charge in [0.1, 0.15) is 11.9 Å². The van der Waals surface area contributed by atoms with Gasteiger partial charge < -0.3 is 14.7 Å². The molecule has 1 saturated heterocycles. The summed E-state index contributed by atoms with van der Waals surface area (Å²) in [5.74, 6) is 0.181. The smallest absolute Gasteiger partial charge is 0.314 e. The summed E-state index contributed by atoms with van der Waals surface area (Å²) in [6.45, 7) is 2.15. The fraction of sp³-hybridized carbons (Fsp3) is 0.632. The zero-order chi connectivity index (χ0) is 16.3. The van der Waals surface area contributed by atoms with Crippen molar-refractivity contribution in [1.82, 2.24) is 4.90 Å². The fourth-order valence-electron chi connectivity index (χ4n) is 3.93. The molecule has 126 valence electrons. The van der Waals surface area contributed by atoms with E-state index in [1.165, 1.54) is 0 Å². The summed E-state index contributed by atoms with van der Waals surface area (Å²) in [4.78, 5) is 14.2. The molecule has 1 aromatic carbocycles. The van der Waals surface area contributed by atoms with Gasteiger partial charge in [0.15, 0.2) is 0 Å². The number of likely N-dealkylation sites (tertiary alicyclic amines) is 1. The van der Waals surface area contributed by atoms with Gasteiger partial charge >= 0.3 is 5.97 Å². The number of carboxylic acids is 1. The maximum atomic E-state index is 11.9. The molecule has 1 N–H and O–H groups in total. The molecule has 0 atom stereocenters. The molecule has 23 heavy (non-hydrogen) atoms. The zero-order valence-corrected chi connectivity index (χ0v) is 14.0. The number of carbonyl (C=O) groups is 1. The maximum absolute atomic E-state index is 11.9. The molecule has 2 aliphatic rings. The van der Waals surface area contributed by atoms with Crippen LogP contribution in [0.15, 0.2) is 24.3 Å². The van der Waals surface area contributed by atoms with E-state index < -0.39 is 11.4 Å². The van der Waals surface area contributed by atoms with Crippen molar-refractivity contribution in [3.8, 4) is 5.75 Å². The van der Waals surface area contributed by atoms with Gasteiger partial charge in [0.2, 0.25) is 0 Å². The Labute approximate surface area is 138 Å². The van der Waals surface area contributed by atoms with E-state index in [2.05, 4.69) is 11.9 Å². The molecule has 0 bridgehead atoms. The Morgan fingerprint density at radius 3 is 2.30 bits per heavy atom. The number of ether oxygens (including phenoxy) is 1. The number of hydrogen-bond donors (Lipinski definition) is 1. The molecule has 1 aromatic rings. The Hall–Kier alpha value is -1.55. The van der Waals surface area contributed by atoms with Gasteiger partial charge in [0.05, 0.1) is 5.41 Å². The highest BCUT2D eigenvalue weighted by Crippen LogP contribution is 2.40. The number of nitrogens with zero attached hydrogens (tertiary/aromatic N) is 1. The first-order valence-electron chi connectivity index (χ1n) is 8.79. The molecule has 1 aliphatic heterocycles. The normalized spacial score (nSPS) is 22.7. The highest BCUT2D eigenvalue weighted by molar-refractivity contribution is 5.81. The lowest BCUT2D eigenvalue weighted by atomic mass is 9.69. The zero-order valence-electron chi connectivity index (χ0n) is 14.0. The molecule has 2 fully saturated rings. The van der Waals surface area contributed by atoms with Crippen LogP contribution >= 0.6 is 0 Å². The predicted octanol–water partition coefficient (Wildman–Crippen LogP) is 3.45. The van der Waals surface area contributed by atoms with Gasteiger partial charge in [-0.15, -0.1) is 0 Å². The molecule has 0 aromatic heterocycles. The third-order valence-electron chi connectivity index (χ3n) is 5.49. The Bertz CT molecular complexity index is 526. The lowest BCUT2D eigenvalue weighted by molar-refractivity contribution is -0.145. The van der Waals surface area contributed by atoms with E-state index in [9.17, 15) is 9.90 Å².